The normalized spacial score (nSPS) is 15.6. The van der Waals surface area contributed by atoms with Crippen LogP contribution in [0.25, 0.3) is 10.9 Å². The molecule has 3 heterocycles. The lowest BCUT2D eigenvalue weighted by Crippen LogP contribution is -2.52. The number of fused-ring (bicyclic) bond motifs is 1. The van der Waals surface area contributed by atoms with Crippen LogP contribution in [0.15, 0.2) is 66.9 Å². The molecule has 45 heavy (non-hydrogen) atoms. The van der Waals surface area contributed by atoms with Gasteiger partial charge in [-0.25, -0.2) is 4.39 Å². The van der Waals surface area contributed by atoms with Gasteiger partial charge < -0.3 is 19.1 Å². The Morgan fingerprint density at radius 2 is 1.73 bits per heavy atom. The molecular weight excluding hydrogens is 571 g/mol. The molecule has 0 saturated carbocycles. The number of ether oxygens (including phenoxy) is 3. The Morgan fingerprint density at radius 3 is 2.47 bits per heavy atom. The van der Waals surface area contributed by atoms with Gasteiger partial charge in [0.1, 0.15) is 28.8 Å². The average Bonchev–Trinajstić information content (AvgIpc) is 3.01. The second kappa shape index (κ2) is 13.4. The smallest absolute Gasteiger partial charge is 0.222 e. The SMILES string of the molecule is Cc1ccc(F)c(CC(=O)Cc2ccc(Oc3ccnc4cc(OCCCC(=O)N5CCC6(CC5)COC6)c(C)cc34)cc2)c1. The summed E-state index contributed by atoms with van der Waals surface area (Å²) in [5, 5.41) is 0.858. The number of aromatic nitrogens is 1. The standard InChI is InChI=1S/C37H39FN2O5/c1-25-5-10-32(38)28(18-25)21-29(41)20-27-6-8-30(9-7-27)45-34-11-14-39-33-22-35(26(2)19-31(33)34)44-17-3-4-36(42)40-15-12-37(13-16-40)23-43-24-37/h5-11,14,18-19,22H,3-4,12-13,15-17,20-21,23-24H2,1-2H3. The van der Waals surface area contributed by atoms with Crippen LogP contribution < -0.4 is 9.47 Å². The van der Waals surface area contributed by atoms with Gasteiger partial charge in [-0.1, -0.05) is 29.8 Å². The molecule has 8 heteroatoms. The van der Waals surface area contributed by atoms with E-state index in [4.69, 9.17) is 14.2 Å². The predicted molar refractivity (Wildman–Crippen MR) is 170 cm³/mol. The number of benzene rings is 3. The Hall–Kier alpha value is -4.30. The maximum Gasteiger partial charge on any atom is 0.222 e. The molecule has 2 aliphatic rings. The van der Waals surface area contributed by atoms with E-state index in [1.54, 1.807) is 18.3 Å². The van der Waals surface area contributed by atoms with Crippen molar-refractivity contribution in [1.29, 1.82) is 0 Å². The number of hydrogen-bond acceptors (Lipinski definition) is 6. The second-order valence-corrected chi connectivity index (χ2v) is 12.5. The van der Waals surface area contributed by atoms with E-state index in [1.807, 2.05) is 61.2 Å². The number of hydrogen-bond donors (Lipinski definition) is 0. The molecule has 0 aliphatic carbocycles. The summed E-state index contributed by atoms with van der Waals surface area (Å²) in [6.45, 7) is 7.65. The third-order valence-electron chi connectivity index (χ3n) is 8.93. The van der Waals surface area contributed by atoms with Crippen LogP contribution in [0.2, 0.25) is 0 Å². The van der Waals surface area contributed by atoms with Gasteiger partial charge in [0.2, 0.25) is 5.91 Å². The van der Waals surface area contributed by atoms with E-state index >= 15 is 0 Å². The minimum atomic E-state index is -0.353. The molecule has 2 aliphatic heterocycles. The number of nitrogens with zero attached hydrogens (tertiary/aromatic N) is 2. The van der Waals surface area contributed by atoms with Gasteiger partial charge in [-0.3, -0.25) is 14.6 Å². The molecule has 1 aromatic heterocycles. The number of amides is 1. The lowest BCUT2D eigenvalue weighted by Gasteiger charge is -2.47. The zero-order valence-corrected chi connectivity index (χ0v) is 25.9. The molecule has 7 nitrogen and oxygen atoms in total. The van der Waals surface area contributed by atoms with E-state index in [0.29, 0.717) is 41.9 Å². The van der Waals surface area contributed by atoms with Crippen LogP contribution in [-0.2, 0) is 27.2 Å². The molecule has 0 atom stereocenters. The Balaban J connectivity index is 1.01. The van der Waals surface area contributed by atoms with Gasteiger partial charge in [0, 0.05) is 55.4 Å². The summed E-state index contributed by atoms with van der Waals surface area (Å²) in [6.07, 6.45) is 5.19. The molecule has 234 valence electrons. The average molecular weight is 611 g/mol. The van der Waals surface area contributed by atoms with E-state index in [9.17, 15) is 14.0 Å². The molecule has 0 unspecified atom stereocenters. The minimum Gasteiger partial charge on any atom is -0.493 e. The zero-order valence-electron chi connectivity index (χ0n) is 25.9. The summed E-state index contributed by atoms with van der Waals surface area (Å²) in [7, 11) is 0. The number of carbonyl (C=O) groups excluding carboxylic acids is 2. The molecule has 3 aromatic carbocycles. The predicted octanol–water partition coefficient (Wildman–Crippen LogP) is 6.94. The highest BCUT2D eigenvalue weighted by Crippen LogP contribution is 2.38. The summed E-state index contributed by atoms with van der Waals surface area (Å²) in [6, 6.07) is 17.9. The fraction of sp³-hybridized carbons (Fsp3) is 0.378. The number of ketones is 1. The molecule has 2 saturated heterocycles. The van der Waals surface area contributed by atoms with Crippen molar-refractivity contribution < 1.29 is 28.2 Å². The van der Waals surface area contributed by atoms with Gasteiger partial charge >= 0.3 is 0 Å². The van der Waals surface area contributed by atoms with Crippen LogP contribution in [0.5, 0.6) is 17.2 Å². The van der Waals surface area contributed by atoms with E-state index < -0.39 is 0 Å². The van der Waals surface area contributed by atoms with Crippen LogP contribution in [0.3, 0.4) is 0 Å². The van der Waals surface area contributed by atoms with Crippen LogP contribution >= 0.6 is 0 Å². The summed E-state index contributed by atoms with van der Waals surface area (Å²) in [5.41, 5.74) is 4.22. The highest BCUT2D eigenvalue weighted by Gasteiger charge is 2.41. The second-order valence-electron chi connectivity index (χ2n) is 12.5. The molecule has 0 bridgehead atoms. The van der Waals surface area contributed by atoms with Crippen molar-refractivity contribution in [3.05, 3.63) is 94.9 Å². The number of carbonyl (C=O) groups is 2. The monoisotopic (exact) mass is 610 g/mol. The number of halogens is 1. The first kappa shape index (κ1) is 30.7. The van der Waals surface area contributed by atoms with Crippen molar-refractivity contribution in [2.75, 3.05) is 32.9 Å². The first-order valence-electron chi connectivity index (χ1n) is 15.7. The van der Waals surface area contributed by atoms with E-state index in [0.717, 1.165) is 72.5 Å². The fourth-order valence-electron chi connectivity index (χ4n) is 6.12. The summed E-state index contributed by atoms with van der Waals surface area (Å²) in [4.78, 5) is 31.8. The van der Waals surface area contributed by atoms with E-state index in [2.05, 4.69) is 4.98 Å². The van der Waals surface area contributed by atoms with Gasteiger partial charge in [0.05, 0.1) is 25.3 Å². The van der Waals surface area contributed by atoms with Crippen molar-refractivity contribution in [2.24, 2.45) is 5.41 Å². The Labute approximate surface area is 263 Å². The number of likely N-dealkylation sites (tertiary alicyclic amines) is 1. The fourth-order valence-corrected chi connectivity index (χ4v) is 6.12. The number of rotatable bonds is 11. The molecule has 0 radical (unpaired) electrons. The molecular formula is C37H39FN2O5. The van der Waals surface area contributed by atoms with Crippen LogP contribution in [0.4, 0.5) is 4.39 Å². The van der Waals surface area contributed by atoms with Gasteiger partial charge in [-0.2, -0.15) is 0 Å². The molecule has 1 spiro atoms. The maximum atomic E-state index is 14.1. The quantitative estimate of drug-likeness (QED) is 0.171. The number of aryl methyl sites for hydroxylation is 2. The van der Waals surface area contributed by atoms with Crippen molar-refractivity contribution in [2.45, 2.75) is 52.4 Å². The number of Topliss-reactive ketones (excluding diaryl/α,β-unsaturated/α-hetero) is 1. The molecule has 4 aromatic rings. The third-order valence-corrected chi connectivity index (χ3v) is 8.93. The van der Waals surface area contributed by atoms with E-state index in [-0.39, 0.29) is 30.3 Å². The van der Waals surface area contributed by atoms with Gasteiger partial charge in [0.15, 0.2) is 0 Å². The van der Waals surface area contributed by atoms with Gasteiger partial charge in [-0.15, -0.1) is 0 Å². The van der Waals surface area contributed by atoms with Gasteiger partial charge in [0.25, 0.3) is 0 Å². The molecule has 6 rings (SSSR count). The highest BCUT2D eigenvalue weighted by atomic mass is 19.1. The highest BCUT2D eigenvalue weighted by molar-refractivity contribution is 5.87. The molecule has 0 N–H and O–H groups in total. The first-order chi connectivity index (χ1) is 21.8. The summed E-state index contributed by atoms with van der Waals surface area (Å²) in [5.74, 6) is 1.84. The van der Waals surface area contributed by atoms with Crippen molar-refractivity contribution in [1.82, 2.24) is 9.88 Å². The Morgan fingerprint density at radius 1 is 0.956 bits per heavy atom. The number of pyridine rings is 1. The van der Waals surface area contributed by atoms with Gasteiger partial charge in [-0.05, 0) is 80.1 Å². The van der Waals surface area contributed by atoms with Crippen LogP contribution in [-0.4, -0.2) is 54.5 Å². The van der Waals surface area contributed by atoms with Crippen LogP contribution in [0, 0.1) is 25.1 Å². The lowest BCUT2D eigenvalue weighted by molar-refractivity contribution is -0.153. The molecule has 1 amide bonds. The summed E-state index contributed by atoms with van der Waals surface area (Å²) < 4.78 is 31.8. The topological polar surface area (TPSA) is 78.0 Å². The zero-order chi connectivity index (χ0) is 31.4. The van der Waals surface area contributed by atoms with Crippen molar-refractivity contribution in [3.8, 4) is 17.2 Å². The lowest BCUT2D eigenvalue weighted by atomic mass is 9.77. The molecule has 2 fully saturated rings. The Bertz CT molecular complexity index is 1690. The van der Waals surface area contributed by atoms with Crippen molar-refractivity contribution in [3.63, 3.8) is 0 Å². The minimum absolute atomic E-state index is 0.0481. The maximum absolute atomic E-state index is 14.1. The summed E-state index contributed by atoms with van der Waals surface area (Å²) >= 11 is 0. The van der Waals surface area contributed by atoms with Crippen LogP contribution in [0.1, 0.15) is 47.9 Å². The Kier molecular flexibility index (Phi) is 9.12. The van der Waals surface area contributed by atoms with E-state index in [1.165, 1.54) is 6.07 Å². The number of piperidine rings is 1. The third kappa shape index (κ3) is 7.34. The first-order valence-corrected chi connectivity index (χ1v) is 15.7. The van der Waals surface area contributed by atoms with Crippen molar-refractivity contribution >= 4 is 22.6 Å². The largest absolute Gasteiger partial charge is 0.493 e.